The maximum atomic E-state index is 11.4. The molecule has 0 spiro atoms. The van der Waals surface area contributed by atoms with Crippen LogP contribution in [-0.2, 0) is 11.0 Å². The summed E-state index contributed by atoms with van der Waals surface area (Å²) in [6.07, 6.45) is 0. The van der Waals surface area contributed by atoms with Gasteiger partial charge in [-0.15, -0.1) is 0 Å². The number of benzene rings is 9. The Morgan fingerprint density at radius 1 is 0.446 bits per heavy atom. The van der Waals surface area contributed by atoms with Gasteiger partial charge >= 0.3 is 0 Å². The third-order valence-electron chi connectivity index (χ3n) is 11.9. The lowest BCUT2D eigenvalue weighted by atomic mass is 9.67. The minimum atomic E-state index is -1.16. The first-order valence-corrected chi connectivity index (χ1v) is 19.1. The molecular weight excluding hydrogens is 685 g/mol. The molecule has 1 aliphatic carbocycles. The Balaban J connectivity index is 1.06. The Labute approximate surface area is 327 Å². The van der Waals surface area contributed by atoms with Crippen molar-refractivity contribution in [3.63, 3.8) is 0 Å². The van der Waals surface area contributed by atoms with Gasteiger partial charge in [-0.2, -0.15) is 0 Å². The van der Waals surface area contributed by atoms with E-state index in [1.807, 2.05) is 54.6 Å². The molecule has 0 saturated carbocycles. The van der Waals surface area contributed by atoms with E-state index in [1.54, 1.807) is 14.0 Å². The summed E-state index contributed by atoms with van der Waals surface area (Å²) >= 11 is 0. The summed E-state index contributed by atoms with van der Waals surface area (Å²) in [6.45, 7) is 3.96. The van der Waals surface area contributed by atoms with Gasteiger partial charge in [0.25, 0.3) is 0 Å². The largest absolute Gasteiger partial charge is 0.497 e. The van der Waals surface area contributed by atoms with Gasteiger partial charge in [-0.3, -0.25) is 0 Å². The van der Waals surface area contributed by atoms with E-state index in [9.17, 15) is 5.11 Å². The first-order valence-electron chi connectivity index (χ1n) is 19.1. The molecule has 0 heterocycles. The predicted molar refractivity (Wildman–Crippen MR) is 229 cm³/mol. The Morgan fingerprint density at radius 3 is 1.64 bits per heavy atom. The maximum Gasteiger partial charge on any atom is 0.128 e. The number of aliphatic hydroxyl groups is 1. The zero-order valence-corrected chi connectivity index (χ0v) is 31.6. The quantitative estimate of drug-likeness (QED) is 0.178. The molecule has 56 heavy (non-hydrogen) atoms. The minimum absolute atomic E-state index is 0.535. The normalized spacial score (nSPS) is 15.7. The van der Waals surface area contributed by atoms with E-state index in [2.05, 4.69) is 134 Å². The molecule has 270 valence electrons. The lowest BCUT2D eigenvalue weighted by Crippen LogP contribution is -2.28. The molecular formula is C53H40O3. The second-order valence-electron chi connectivity index (χ2n) is 15.3. The second-order valence-corrected chi connectivity index (χ2v) is 15.3. The molecule has 3 heteroatoms. The Hall–Kier alpha value is -6.68. The molecule has 2 unspecified atom stereocenters. The summed E-state index contributed by atoms with van der Waals surface area (Å²) in [6, 6.07) is 64.6. The van der Waals surface area contributed by atoms with Crippen molar-refractivity contribution in [3.8, 4) is 28.4 Å². The number of fused-ring (bicyclic) bond motifs is 6. The van der Waals surface area contributed by atoms with Crippen LogP contribution in [0.5, 0.6) is 17.2 Å². The fourth-order valence-electron chi connectivity index (χ4n) is 8.94. The molecule has 9 aromatic carbocycles. The van der Waals surface area contributed by atoms with Crippen LogP contribution in [-0.4, -0.2) is 12.2 Å². The van der Waals surface area contributed by atoms with E-state index in [4.69, 9.17) is 9.47 Å². The highest BCUT2D eigenvalue weighted by Crippen LogP contribution is 2.57. The van der Waals surface area contributed by atoms with Gasteiger partial charge in [0.2, 0.25) is 0 Å². The SMILES string of the molecule is COc1ccc(C(C)(O)c2ccc(Oc3ccc4cc(C5(c6ccc7cc(C)ccc7c6)c6ccccc6-c6cc7ccccc7cc65)ccc4c3)cc2)cc1. The van der Waals surface area contributed by atoms with E-state index >= 15 is 0 Å². The third-order valence-corrected chi connectivity index (χ3v) is 11.9. The van der Waals surface area contributed by atoms with Crippen LogP contribution in [0.3, 0.4) is 0 Å². The predicted octanol–water partition coefficient (Wildman–Crippen LogP) is 12.9. The summed E-state index contributed by atoms with van der Waals surface area (Å²) in [4.78, 5) is 0. The summed E-state index contributed by atoms with van der Waals surface area (Å²) in [5.41, 5.74) is 8.76. The first kappa shape index (κ1) is 33.9. The Morgan fingerprint density at radius 2 is 0.964 bits per heavy atom. The van der Waals surface area contributed by atoms with E-state index in [1.165, 1.54) is 60.5 Å². The number of methoxy groups -OCH3 is 1. The van der Waals surface area contributed by atoms with E-state index < -0.39 is 11.0 Å². The Bertz CT molecular complexity index is 2960. The molecule has 1 aliphatic rings. The van der Waals surface area contributed by atoms with Crippen molar-refractivity contribution in [2.45, 2.75) is 24.9 Å². The van der Waals surface area contributed by atoms with Crippen LogP contribution in [0.15, 0.2) is 182 Å². The number of rotatable bonds is 7. The van der Waals surface area contributed by atoms with Crippen molar-refractivity contribution in [2.75, 3.05) is 7.11 Å². The standard InChI is InChI=1S/C53H40O3/c1-34-12-13-38-29-43(17-14-37(38)28-34)53(50-11-7-6-10-48(50)49-32-35-8-4-5-9-36(35)33-51(49)53)44-18-15-40-31-47(23-16-39(40)30-44)56-46-26-21-42(22-27-46)52(2,54)41-19-24-45(55-3)25-20-41/h4-33,54H,1-3H3. The average molecular weight is 725 g/mol. The summed E-state index contributed by atoms with van der Waals surface area (Å²) < 4.78 is 11.7. The Kier molecular flexibility index (Phi) is 7.84. The molecule has 0 radical (unpaired) electrons. The fourth-order valence-corrected chi connectivity index (χ4v) is 8.94. The van der Waals surface area contributed by atoms with Crippen LogP contribution in [0.1, 0.15) is 45.9 Å². The number of hydrogen-bond acceptors (Lipinski definition) is 3. The van der Waals surface area contributed by atoms with Crippen LogP contribution in [0.25, 0.3) is 43.4 Å². The number of aryl methyl sites for hydroxylation is 1. The van der Waals surface area contributed by atoms with Crippen LogP contribution >= 0.6 is 0 Å². The van der Waals surface area contributed by atoms with Crippen molar-refractivity contribution < 1.29 is 14.6 Å². The highest BCUT2D eigenvalue weighted by atomic mass is 16.5. The van der Waals surface area contributed by atoms with E-state index in [0.717, 1.165) is 33.4 Å². The lowest BCUT2D eigenvalue weighted by Gasteiger charge is -2.34. The lowest BCUT2D eigenvalue weighted by molar-refractivity contribution is 0.102. The van der Waals surface area contributed by atoms with Crippen LogP contribution in [0.2, 0.25) is 0 Å². The third kappa shape index (κ3) is 5.38. The molecule has 0 bridgehead atoms. The monoisotopic (exact) mass is 724 g/mol. The van der Waals surface area contributed by atoms with Gasteiger partial charge in [-0.25, -0.2) is 0 Å². The smallest absolute Gasteiger partial charge is 0.128 e. The van der Waals surface area contributed by atoms with Crippen molar-refractivity contribution in [2.24, 2.45) is 0 Å². The van der Waals surface area contributed by atoms with Gasteiger partial charge in [0.1, 0.15) is 22.8 Å². The van der Waals surface area contributed by atoms with Crippen LogP contribution < -0.4 is 9.47 Å². The molecule has 9 aromatic rings. The molecule has 10 rings (SSSR count). The maximum absolute atomic E-state index is 11.4. The summed E-state index contributed by atoms with van der Waals surface area (Å²) in [7, 11) is 1.64. The van der Waals surface area contributed by atoms with Crippen LogP contribution in [0, 0.1) is 6.92 Å². The van der Waals surface area contributed by atoms with E-state index in [0.29, 0.717) is 5.75 Å². The number of ether oxygens (including phenoxy) is 2. The molecule has 2 atom stereocenters. The van der Waals surface area contributed by atoms with Gasteiger partial charge < -0.3 is 14.6 Å². The average Bonchev–Trinajstić information content (AvgIpc) is 3.52. The molecule has 1 N–H and O–H groups in total. The van der Waals surface area contributed by atoms with Gasteiger partial charge in [-0.05, 0) is 151 Å². The molecule has 0 amide bonds. The van der Waals surface area contributed by atoms with Gasteiger partial charge in [-0.1, -0.05) is 127 Å². The summed E-state index contributed by atoms with van der Waals surface area (Å²) in [5.74, 6) is 2.21. The summed E-state index contributed by atoms with van der Waals surface area (Å²) in [5, 5.41) is 18.6. The zero-order valence-electron chi connectivity index (χ0n) is 31.6. The van der Waals surface area contributed by atoms with Gasteiger partial charge in [0.15, 0.2) is 0 Å². The molecule has 0 saturated heterocycles. The van der Waals surface area contributed by atoms with Crippen molar-refractivity contribution in [1.82, 2.24) is 0 Å². The highest BCUT2D eigenvalue weighted by Gasteiger charge is 2.46. The van der Waals surface area contributed by atoms with Crippen LogP contribution in [0.4, 0.5) is 0 Å². The van der Waals surface area contributed by atoms with E-state index in [-0.39, 0.29) is 0 Å². The van der Waals surface area contributed by atoms with Gasteiger partial charge in [0, 0.05) is 0 Å². The molecule has 0 aliphatic heterocycles. The number of hydrogen-bond donors (Lipinski definition) is 1. The van der Waals surface area contributed by atoms with Crippen molar-refractivity contribution in [1.29, 1.82) is 0 Å². The fraction of sp³-hybridized carbons (Fsp3) is 0.0943. The zero-order chi connectivity index (χ0) is 38.0. The first-order chi connectivity index (χ1) is 27.3. The highest BCUT2D eigenvalue weighted by molar-refractivity contribution is 5.97. The molecule has 0 fully saturated rings. The topological polar surface area (TPSA) is 38.7 Å². The molecule has 0 aromatic heterocycles. The van der Waals surface area contributed by atoms with Crippen molar-refractivity contribution in [3.05, 3.63) is 221 Å². The molecule has 3 nitrogen and oxygen atoms in total. The second kappa shape index (κ2) is 13.0. The van der Waals surface area contributed by atoms with Gasteiger partial charge in [0.05, 0.1) is 12.5 Å². The minimum Gasteiger partial charge on any atom is -0.497 e. The van der Waals surface area contributed by atoms with Crippen molar-refractivity contribution >= 4 is 32.3 Å².